The molecule has 0 fully saturated rings. The lowest BCUT2D eigenvalue weighted by Crippen LogP contribution is -2.34. The van der Waals surface area contributed by atoms with Crippen LogP contribution in [0.25, 0.3) is 0 Å². The fourth-order valence-electron chi connectivity index (χ4n) is 2.45. The van der Waals surface area contributed by atoms with Crippen LogP contribution in [-0.4, -0.2) is 38.6 Å². The van der Waals surface area contributed by atoms with Crippen molar-refractivity contribution in [1.82, 2.24) is 10.2 Å². The van der Waals surface area contributed by atoms with E-state index in [0.717, 1.165) is 11.3 Å². The number of nitrogens with zero attached hydrogens (tertiary/aromatic N) is 1. The Hall–Kier alpha value is -1.85. The normalized spacial score (nSPS) is 12.2. The van der Waals surface area contributed by atoms with Gasteiger partial charge in [-0.05, 0) is 60.6 Å². The predicted molar refractivity (Wildman–Crippen MR) is 95.1 cm³/mol. The molecule has 0 aliphatic carbocycles. The number of nitrogens with one attached hydrogen (secondary N) is 1. The largest absolute Gasteiger partial charge is 0.497 e. The molecule has 2 aromatic rings. The molecule has 1 heterocycles. The number of benzene rings is 1. The van der Waals surface area contributed by atoms with Crippen LogP contribution in [0.2, 0.25) is 0 Å². The summed E-state index contributed by atoms with van der Waals surface area (Å²) in [5, 5.41) is 7.24. The first kappa shape index (κ1) is 17.5. The van der Waals surface area contributed by atoms with E-state index >= 15 is 0 Å². The molecule has 0 radical (unpaired) electrons. The van der Waals surface area contributed by atoms with Crippen molar-refractivity contribution in [2.75, 3.05) is 27.7 Å². The monoisotopic (exact) mass is 332 g/mol. The standard InChI is InChI=1S/C18H24N2O2S/c1-20(2)17(15-9-10-23-13-15)12-19-18(21)8-7-14-5-4-6-16(11-14)22-3/h4-6,9-11,13,17H,7-8,12H2,1-3H3,(H,19,21). The van der Waals surface area contributed by atoms with Crippen molar-refractivity contribution in [3.63, 3.8) is 0 Å². The lowest BCUT2D eigenvalue weighted by Gasteiger charge is -2.24. The van der Waals surface area contributed by atoms with Crippen molar-refractivity contribution in [2.24, 2.45) is 0 Å². The van der Waals surface area contributed by atoms with Crippen LogP contribution in [0.15, 0.2) is 41.1 Å². The number of methoxy groups -OCH3 is 1. The Morgan fingerprint density at radius 3 is 2.83 bits per heavy atom. The number of aryl methyl sites for hydroxylation is 1. The summed E-state index contributed by atoms with van der Waals surface area (Å²) in [7, 11) is 5.72. The van der Waals surface area contributed by atoms with E-state index in [9.17, 15) is 4.79 Å². The van der Waals surface area contributed by atoms with Gasteiger partial charge in [-0.3, -0.25) is 4.79 Å². The van der Waals surface area contributed by atoms with Gasteiger partial charge in [-0.2, -0.15) is 11.3 Å². The Morgan fingerprint density at radius 2 is 2.17 bits per heavy atom. The van der Waals surface area contributed by atoms with Gasteiger partial charge in [0.25, 0.3) is 0 Å². The Bertz CT molecular complexity index is 611. The van der Waals surface area contributed by atoms with Crippen LogP contribution < -0.4 is 10.1 Å². The second-order valence-electron chi connectivity index (χ2n) is 5.69. The average Bonchev–Trinajstić information content (AvgIpc) is 3.07. The maximum atomic E-state index is 12.1. The summed E-state index contributed by atoms with van der Waals surface area (Å²) >= 11 is 1.68. The minimum absolute atomic E-state index is 0.0786. The summed E-state index contributed by atoms with van der Waals surface area (Å²) in [4.78, 5) is 14.2. The van der Waals surface area contributed by atoms with Crippen molar-refractivity contribution in [1.29, 1.82) is 0 Å². The summed E-state index contributed by atoms with van der Waals surface area (Å²) in [6, 6.07) is 10.2. The number of amides is 1. The Labute approximate surface area is 142 Å². The second-order valence-corrected chi connectivity index (χ2v) is 6.47. The third kappa shape index (κ3) is 5.37. The van der Waals surface area contributed by atoms with E-state index in [1.807, 2.05) is 38.4 Å². The van der Waals surface area contributed by atoms with E-state index in [1.54, 1.807) is 18.4 Å². The molecule has 1 aromatic heterocycles. The Morgan fingerprint density at radius 1 is 1.35 bits per heavy atom. The number of likely N-dealkylation sites (N-methyl/N-ethyl adjacent to an activating group) is 1. The maximum absolute atomic E-state index is 12.1. The predicted octanol–water partition coefficient (Wildman–Crippen LogP) is 3.11. The van der Waals surface area contributed by atoms with Crippen molar-refractivity contribution in [3.8, 4) is 5.75 Å². The highest BCUT2D eigenvalue weighted by molar-refractivity contribution is 7.07. The maximum Gasteiger partial charge on any atom is 0.220 e. The van der Waals surface area contributed by atoms with E-state index in [2.05, 4.69) is 27.0 Å². The molecule has 4 nitrogen and oxygen atoms in total. The third-order valence-corrected chi connectivity index (χ3v) is 4.52. The third-order valence-electron chi connectivity index (χ3n) is 3.82. The number of carbonyl (C=O) groups is 1. The molecule has 124 valence electrons. The van der Waals surface area contributed by atoms with E-state index in [1.165, 1.54) is 5.56 Å². The first-order valence-corrected chi connectivity index (χ1v) is 8.62. The molecule has 2 rings (SSSR count). The number of carbonyl (C=O) groups excluding carboxylic acids is 1. The molecule has 0 saturated carbocycles. The molecule has 23 heavy (non-hydrogen) atoms. The van der Waals surface area contributed by atoms with Crippen molar-refractivity contribution < 1.29 is 9.53 Å². The minimum Gasteiger partial charge on any atom is -0.497 e. The zero-order chi connectivity index (χ0) is 16.7. The van der Waals surface area contributed by atoms with Gasteiger partial charge in [-0.25, -0.2) is 0 Å². The zero-order valence-electron chi connectivity index (χ0n) is 13.9. The lowest BCUT2D eigenvalue weighted by atomic mass is 10.1. The van der Waals surface area contributed by atoms with Crippen LogP contribution in [0.3, 0.4) is 0 Å². The zero-order valence-corrected chi connectivity index (χ0v) is 14.7. The Kier molecular flexibility index (Phi) is 6.62. The van der Waals surface area contributed by atoms with Gasteiger partial charge in [-0.1, -0.05) is 12.1 Å². The summed E-state index contributed by atoms with van der Waals surface area (Å²) in [5.74, 6) is 0.905. The first-order valence-electron chi connectivity index (χ1n) is 7.68. The number of rotatable bonds is 8. The Balaban J connectivity index is 1.82. The van der Waals surface area contributed by atoms with Gasteiger partial charge in [0.15, 0.2) is 0 Å². The average molecular weight is 332 g/mol. The van der Waals surface area contributed by atoms with Crippen LogP contribution in [0, 0.1) is 0 Å². The minimum atomic E-state index is 0.0786. The van der Waals surface area contributed by atoms with Gasteiger partial charge in [0.1, 0.15) is 5.75 Å². The molecule has 0 bridgehead atoms. The van der Waals surface area contributed by atoms with Gasteiger partial charge in [0.2, 0.25) is 5.91 Å². The fraction of sp³-hybridized carbons (Fsp3) is 0.389. The van der Waals surface area contributed by atoms with Crippen LogP contribution in [0.4, 0.5) is 0 Å². The quantitative estimate of drug-likeness (QED) is 0.807. The fourth-order valence-corrected chi connectivity index (χ4v) is 3.15. The highest BCUT2D eigenvalue weighted by atomic mass is 32.1. The molecule has 0 spiro atoms. The van der Waals surface area contributed by atoms with Gasteiger partial charge in [0.05, 0.1) is 13.2 Å². The van der Waals surface area contributed by atoms with E-state index in [0.29, 0.717) is 19.4 Å². The molecule has 0 aliphatic heterocycles. The van der Waals surface area contributed by atoms with Crippen molar-refractivity contribution in [3.05, 3.63) is 52.2 Å². The summed E-state index contributed by atoms with van der Waals surface area (Å²) in [6.07, 6.45) is 1.20. The van der Waals surface area contributed by atoms with Crippen LogP contribution in [0.5, 0.6) is 5.75 Å². The molecule has 5 heteroatoms. The van der Waals surface area contributed by atoms with Crippen molar-refractivity contribution >= 4 is 17.2 Å². The molecule has 1 aromatic carbocycles. The van der Waals surface area contributed by atoms with Gasteiger partial charge in [-0.15, -0.1) is 0 Å². The van der Waals surface area contributed by atoms with E-state index < -0.39 is 0 Å². The second kappa shape index (κ2) is 8.70. The topological polar surface area (TPSA) is 41.6 Å². The number of ether oxygens (including phenoxy) is 1. The molecule has 1 N–H and O–H groups in total. The summed E-state index contributed by atoms with van der Waals surface area (Å²) in [5.41, 5.74) is 2.36. The molecule has 1 amide bonds. The van der Waals surface area contributed by atoms with Crippen LogP contribution in [-0.2, 0) is 11.2 Å². The van der Waals surface area contributed by atoms with Crippen LogP contribution >= 0.6 is 11.3 Å². The van der Waals surface area contributed by atoms with E-state index in [4.69, 9.17) is 4.74 Å². The molecule has 0 aliphatic rings. The van der Waals surface area contributed by atoms with Gasteiger partial charge < -0.3 is 15.0 Å². The SMILES string of the molecule is COc1cccc(CCC(=O)NCC(c2ccsc2)N(C)C)c1. The molecular weight excluding hydrogens is 308 g/mol. The molecule has 1 unspecified atom stereocenters. The number of hydrogen-bond donors (Lipinski definition) is 1. The number of thiophene rings is 1. The summed E-state index contributed by atoms with van der Waals surface area (Å²) < 4.78 is 5.20. The highest BCUT2D eigenvalue weighted by Crippen LogP contribution is 2.20. The molecular formula is C18H24N2O2S. The first-order chi connectivity index (χ1) is 11.1. The highest BCUT2D eigenvalue weighted by Gasteiger charge is 2.15. The van der Waals surface area contributed by atoms with Crippen LogP contribution in [0.1, 0.15) is 23.6 Å². The summed E-state index contributed by atoms with van der Waals surface area (Å²) in [6.45, 7) is 0.626. The van der Waals surface area contributed by atoms with Gasteiger partial charge >= 0.3 is 0 Å². The molecule has 1 atom stereocenters. The lowest BCUT2D eigenvalue weighted by molar-refractivity contribution is -0.121. The smallest absolute Gasteiger partial charge is 0.220 e. The van der Waals surface area contributed by atoms with Gasteiger partial charge in [0, 0.05) is 13.0 Å². The molecule has 0 saturated heterocycles. The van der Waals surface area contributed by atoms with Crippen molar-refractivity contribution in [2.45, 2.75) is 18.9 Å². The number of hydrogen-bond acceptors (Lipinski definition) is 4. The van der Waals surface area contributed by atoms with E-state index in [-0.39, 0.29) is 11.9 Å².